The summed E-state index contributed by atoms with van der Waals surface area (Å²) in [5.41, 5.74) is 0.851. The van der Waals surface area contributed by atoms with Crippen LogP contribution in [0.4, 0.5) is 10.2 Å². The van der Waals surface area contributed by atoms with E-state index in [0.29, 0.717) is 23.3 Å². The summed E-state index contributed by atoms with van der Waals surface area (Å²) < 4.78 is 18.9. The summed E-state index contributed by atoms with van der Waals surface area (Å²) in [6, 6.07) is 9.93. The zero-order chi connectivity index (χ0) is 25.6. The summed E-state index contributed by atoms with van der Waals surface area (Å²) in [5, 5.41) is 16.2. The Bertz CT molecular complexity index is 1270. The first kappa shape index (κ1) is 25.3. The van der Waals surface area contributed by atoms with Crippen molar-refractivity contribution in [2.24, 2.45) is 0 Å². The number of benzene rings is 1. The van der Waals surface area contributed by atoms with Crippen LogP contribution in [0.3, 0.4) is 0 Å². The second kappa shape index (κ2) is 10.7. The average molecular weight is 476 g/mol. The van der Waals surface area contributed by atoms with Gasteiger partial charge in [-0.15, -0.1) is 0 Å². The number of carbonyl (C=O) groups excluding carboxylic acids is 2. The van der Waals surface area contributed by atoms with Gasteiger partial charge in [-0.1, -0.05) is 44.6 Å². The summed E-state index contributed by atoms with van der Waals surface area (Å²) in [4.78, 5) is 31.7. The van der Waals surface area contributed by atoms with Crippen LogP contribution in [0, 0.1) is 17.1 Å². The number of hydrogen-bond donors (Lipinski definition) is 1. The summed E-state index contributed by atoms with van der Waals surface area (Å²) in [6.07, 6.45) is 4.21. The molecular formula is C26H26FN5O3. The minimum Gasteiger partial charge on any atom is -0.359 e. The quantitative estimate of drug-likeness (QED) is 0.493. The van der Waals surface area contributed by atoms with E-state index in [9.17, 15) is 19.2 Å². The molecule has 0 aliphatic rings. The summed E-state index contributed by atoms with van der Waals surface area (Å²) >= 11 is 0. The fourth-order valence-corrected chi connectivity index (χ4v) is 3.41. The predicted octanol–water partition coefficient (Wildman–Crippen LogP) is 4.00. The van der Waals surface area contributed by atoms with Gasteiger partial charge >= 0.3 is 0 Å². The Balaban J connectivity index is 1.98. The number of aromatic nitrogens is 2. The molecule has 1 unspecified atom stereocenters. The Hall–Kier alpha value is -4.32. The van der Waals surface area contributed by atoms with E-state index in [1.165, 1.54) is 30.6 Å². The van der Waals surface area contributed by atoms with Gasteiger partial charge in [0.05, 0.1) is 5.56 Å². The molecule has 35 heavy (non-hydrogen) atoms. The number of pyridine rings is 1. The number of rotatable bonds is 8. The minimum absolute atomic E-state index is 0.118. The van der Waals surface area contributed by atoms with Crippen molar-refractivity contribution in [2.45, 2.75) is 38.6 Å². The smallest absolute Gasteiger partial charge is 0.252 e. The number of nitrogens with zero attached hydrogens (tertiary/aromatic N) is 4. The molecule has 2 amide bonds. The lowest BCUT2D eigenvalue weighted by atomic mass is 9.93. The second-order valence-electron chi connectivity index (χ2n) is 8.90. The van der Waals surface area contributed by atoms with Gasteiger partial charge in [0.2, 0.25) is 5.91 Å². The highest BCUT2D eigenvalue weighted by atomic mass is 19.1. The van der Waals surface area contributed by atoms with Gasteiger partial charge in [-0.3, -0.25) is 19.5 Å². The molecular weight excluding hydrogens is 449 g/mol. The first-order chi connectivity index (χ1) is 16.6. The maximum absolute atomic E-state index is 13.5. The van der Waals surface area contributed by atoms with Crippen molar-refractivity contribution < 1.29 is 18.5 Å². The van der Waals surface area contributed by atoms with E-state index < -0.39 is 17.9 Å². The van der Waals surface area contributed by atoms with Crippen LogP contribution in [-0.4, -0.2) is 28.5 Å². The number of halogens is 1. The third-order valence-corrected chi connectivity index (χ3v) is 5.21. The van der Waals surface area contributed by atoms with Crippen LogP contribution < -0.4 is 10.2 Å². The Labute approximate surface area is 203 Å². The molecule has 0 aliphatic carbocycles. The number of nitriles is 1. The van der Waals surface area contributed by atoms with Gasteiger partial charge in [-0.05, 0) is 36.3 Å². The SMILES string of the molecule is C=CC(=O)N(c1cc(C(C)(C)C)on1)C(C(=O)NCCc1cccc(F)c1)c1cncc(C#N)c1. The zero-order valence-corrected chi connectivity index (χ0v) is 19.8. The largest absolute Gasteiger partial charge is 0.359 e. The molecule has 1 N–H and O–H groups in total. The number of anilines is 1. The van der Waals surface area contributed by atoms with Crippen molar-refractivity contribution in [2.75, 3.05) is 11.4 Å². The lowest BCUT2D eigenvalue weighted by Gasteiger charge is -2.28. The third kappa shape index (κ3) is 6.18. The molecule has 0 fully saturated rings. The van der Waals surface area contributed by atoms with Crippen LogP contribution in [0.25, 0.3) is 0 Å². The van der Waals surface area contributed by atoms with Crippen LogP contribution in [0.1, 0.15) is 49.3 Å². The molecule has 0 radical (unpaired) electrons. The molecule has 3 rings (SSSR count). The molecule has 8 nitrogen and oxygen atoms in total. The van der Waals surface area contributed by atoms with Crippen molar-refractivity contribution in [1.82, 2.24) is 15.5 Å². The molecule has 1 atom stereocenters. The van der Waals surface area contributed by atoms with E-state index in [1.807, 2.05) is 26.8 Å². The molecule has 3 aromatic rings. The Morgan fingerprint density at radius 2 is 2.06 bits per heavy atom. The molecule has 9 heteroatoms. The highest BCUT2D eigenvalue weighted by molar-refractivity contribution is 6.05. The number of nitrogens with one attached hydrogen (secondary N) is 1. The van der Waals surface area contributed by atoms with Gasteiger partial charge in [-0.25, -0.2) is 4.39 Å². The van der Waals surface area contributed by atoms with Gasteiger partial charge in [0.1, 0.15) is 23.7 Å². The molecule has 2 aromatic heterocycles. The van der Waals surface area contributed by atoms with E-state index in [0.717, 1.165) is 11.0 Å². The Kier molecular flexibility index (Phi) is 7.76. The van der Waals surface area contributed by atoms with Crippen molar-refractivity contribution in [3.8, 4) is 6.07 Å². The fourth-order valence-electron chi connectivity index (χ4n) is 3.41. The average Bonchev–Trinajstić information content (AvgIpc) is 3.32. The van der Waals surface area contributed by atoms with E-state index >= 15 is 0 Å². The highest BCUT2D eigenvalue weighted by Gasteiger charge is 2.35. The van der Waals surface area contributed by atoms with Crippen LogP contribution >= 0.6 is 0 Å². The minimum atomic E-state index is -1.22. The first-order valence-corrected chi connectivity index (χ1v) is 10.9. The van der Waals surface area contributed by atoms with E-state index in [-0.39, 0.29) is 29.2 Å². The van der Waals surface area contributed by atoms with Gasteiger partial charge in [0, 0.05) is 36.0 Å². The van der Waals surface area contributed by atoms with Crippen LogP contribution in [0.15, 0.2) is 66.0 Å². The molecule has 0 spiro atoms. The summed E-state index contributed by atoms with van der Waals surface area (Å²) in [5.74, 6) is -0.856. The molecule has 0 bridgehead atoms. The van der Waals surface area contributed by atoms with Gasteiger partial charge in [0.15, 0.2) is 5.82 Å². The van der Waals surface area contributed by atoms with E-state index in [2.05, 4.69) is 22.0 Å². The molecule has 180 valence electrons. The second-order valence-corrected chi connectivity index (χ2v) is 8.90. The van der Waals surface area contributed by atoms with E-state index in [4.69, 9.17) is 4.52 Å². The lowest BCUT2D eigenvalue weighted by Crippen LogP contribution is -2.44. The van der Waals surface area contributed by atoms with Gasteiger partial charge in [-0.2, -0.15) is 5.26 Å². The summed E-state index contributed by atoms with van der Waals surface area (Å²) in [6.45, 7) is 9.52. The maximum atomic E-state index is 13.5. The number of carbonyl (C=O) groups is 2. The molecule has 2 heterocycles. The maximum Gasteiger partial charge on any atom is 0.252 e. The Morgan fingerprint density at radius 1 is 1.29 bits per heavy atom. The van der Waals surface area contributed by atoms with Crippen LogP contribution in [0.5, 0.6) is 0 Å². The van der Waals surface area contributed by atoms with Crippen molar-refractivity contribution in [3.63, 3.8) is 0 Å². The normalized spacial score (nSPS) is 11.9. The monoisotopic (exact) mass is 475 g/mol. The van der Waals surface area contributed by atoms with Crippen molar-refractivity contribution in [1.29, 1.82) is 5.26 Å². The van der Waals surface area contributed by atoms with E-state index in [1.54, 1.807) is 18.2 Å². The first-order valence-electron chi connectivity index (χ1n) is 10.9. The number of hydrogen-bond acceptors (Lipinski definition) is 6. The third-order valence-electron chi connectivity index (χ3n) is 5.21. The highest BCUT2D eigenvalue weighted by Crippen LogP contribution is 2.31. The van der Waals surface area contributed by atoms with Gasteiger partial charge < -0.3 is 9.84 Å². The lowest BCUT2D eigenvalue weighted by molar-refractivity contribution is -0.125. The fraction of sp³-hybridized carbons (Fsp3) is 0.269. The number of amides is 2. The van der Waals surface area contributed by atoms with Crippen LogP contribution in [0.2, 0.25) is 0 Å². The summed E-state index contributed by atoms with van der Waals surface area (Å²) in [7, 11) is 0. The predicted molar refractivity (Wildman–Crippen MR) is 128 cm³/mol. The van der Waals surface area contributed by atoms with Crippen molar-refractivity contribution in [3.05, 3.63) is 89.7 Å². The molecule has 0 aliphatic heterocycles. The van der Waals surface area contributed by atoms with Gasteiger partial charge in [0.25, 0.3) is 5.91 Å². The zero-order valence-electron chi connectivity index (χ0n) is 19.8. The van der Waals surface area contributed by atoms with Crippen LogP contribution in [-0.2, 0) is 21.4 Å². The molecule has 0 saturated heterocycles. The molecule has 1 aromatic carbocycles. The standard InChI is InChI=1S/C26H26FN5O3/c1-5-23(33)32(22-13-21(35-31-22)26(2,3)4)24(19-11-18(14-28)15-29-16-19)25(34)30-10-9-17-7-6-8-20(27)12-17/h5-8,11-13,15-16,24H,1,9-10H2,2-4H3,(H,30,34). The van der Waals surface area contributed by atoms with Crippen molar-refractivity contribution >= 4 is 17.6 Å². The topological polar surface area (TPSA) is 112 Å². The Morgan fingerprint density at radius 3 is 2.69 bits per heavy atom. The molecule has 0 saturated carbocycles.